The van der Waals surface area contributed by atoms with Gasteiger partial charge in [-0.15, -0.1) is 0 Å². The first-order valence-electron chi connectivity index (χ1n) is 8.15. The molecule has 0 unspecified atom stereocenters. The number of furan rings is 1. The summed E-state index contributed by atoms with van der Waals surface area (Å²) in [5, 5.41) is 5.00. The Balaban J connectivity index is 1.80. The Bertz CT molecular complexity index is 1100. The Morgan fingerprint density at radius 2 is 1.81 bits per heavy atom. The van der Waals surface area contributed by atoms with Crippen molar-refractivity contribution in [2.24, 2.45) is 5.10 Å². The quantitative estimate of drug-likeness (QED) is 0.540. The summed E-state index contributed by atoms with van der Waals surface area (Å²) in [5.74, 6) is 0.0294. The second kappa shape index (κ2) is 7.34. The fourth-order valence-corrected chi connectivity index (χ4v) is 3.37. The Hall–Kier alpha value is -2.97. The maximum atomic E-state index is 12.3. The molecule has 3 aromatic rings. The van der Waals surface area contributed by atoms with Gasteiger partial charge in [0, 0.05) is 25.0 Å². The predicted octanol–water partition coefficient (Wildman–Crippen LogP) is 2.84. The third-order valence-electron chi connectivity index (χ3n) is 3.98. The molecule has 27 heavy (non-hydrogen) atoms. The van der Waals surface area contributed by atoms with E-state index >= 15 is 0 Å². The van der Waals surface area contributed by atoms with Crippen LogP contribution in [0.25, 0.3) is 11.0 Å². The maximum absolute atomic E-state index is 12.3. The van der Waals surface area contributed by atoms with Crippen molar-refractivity contribution in [1.29, 1.82) is 0 Å². The van der Waals surface area contributed by atoms with E-state index in [2.05, 4.69) is 10.5 Å². The van der Waals surface area contributed by atoms with E-state index in [1.54, 1.807) is 6.92 Å². The topological polar surface area (TPSA) is 92.0 Å². The number of nitrogens with zero attached hydrogens (tertiary/aromatic N) is 2. The van der Waals surface area contributed by atoms with Crippen LogP contribution in [0, 0.1) is 0 Å². The van der Waals surface area contributed by atoms with Crippen LogP contribution in [0.4, 0.5) is 0 Å². The molecule has 3 rings (SSSR count). The van der Waals surface area contributed by atoms with Gasteiger partial charge in [-0.3, -0.25) is 4.79 Å². The first kappa shape index (κ1) is 18.8. The van der Waals surface area contributed by atoms with Gasteiger partial charge >= 0.3 is 0 Å². The van der Waals surface area contributed by atoms with Crippen molar-refractivity contribution in [1.82, 2.24) is 9.73 Å². The van der Waals surface area contributed by atoms with Crippen molar-refractivity contribution in [2.45, 2.75) is 11.8 Å². The van der Waals surface area contributed by atoms with E-state index in [0.29, 0.717) is 11.5 Å². The van der Waals surface area contributed by atoms with Gasteiger partial charge in [0.1, 0.15) is 11.3 Å². The van der Waals surface area contributed by atoms with Crippen LogP contribution in [0.15, 0.2) is 69.0 Å². The highest BCUT2D eigenvalue weighted by molar-refractivity contribution is 7.89. The Labute approximate surface area is 157 Å². The van der Waals surface area contributed by atoms with Crippen molar-refractivity contribution in [3.8, 4) is 0 Å². The molecule has 0 aliphatic rings. The smallest absolute Gasteiger partial charge is 0.271 e. The van der Waals surface area contributed by atoms with Gasteiger partial charge in [0.15, 0.2) is 5.76 Å². The lowest BCUT2D eigenvalue weighted by molar-refractivity contribution is 0.0954. The summed E-state index contributed by atoms with van der Waals surface area (Å²) in [6, 6.07) is 15.2. The number of amides is 1. The molecular formula is C19H19N3O4S. The Morgan fingerprint density at radius 1 is 1.07 bits per heavy atom. The number of benzene rings is 2. The number of hydrogen-bond acceptors (Lipinski definition) is 5. The third-order valence-corrected chi connectivity index (χ3v) is 5.79. The number of sulfonamides is 1. The average molecular weight is 385 g/mol. The first-order valence-corrected chi connectivity index (χ1v) is 9.59. The van der Waals surface area contributed by atoms with Crippen LogP contribution in [0.3, 0.4) is 0 Å². The van der Waals surface area contributed by atoms with Crippen molar-refractivity contribution < 1.29 is 17.6 Å². The largest absolute Gasteiger partial charge is 0.455 e. The van der Waals surface area contributed by atoms with Gasteiger partial charge in [-0.05, 0) is 37.3 Å². The summed E-state index contributed by atoms with van der Waals surface area (Å²) in [7, 11) is -0.752. The highest BCUT2D eigenvalue weighted by Gasteiger charge is 2.18. The predicted molar refractivity (Wildman–Crippen MR) is 103 cm³/mol. The molecular weight excluding hydrogens is 366 g/mol. The molecule has 0 bridgehead atoms. The second-order valence-corrected chi connectivity index (χ2v) is 8.25. The first-order chi connectivity index (χ1) is 12.8. The molecule has 8 heteroatoms. The lowest BCUT2D eigenvalue weighted by atomic mass is 10.2. The molecule has 0 spiro atoms. The average Bonchev–Trinajstić information content (AvgIpc) is 3.10. The molecule has 1 aromatic heterocycles. The third kappa shape index (κ3) is 3.91. The minimum atomic E-state index is -3.62. The zero-order chi connectivity index (χ0) is 19.6. The highest BCUT2D eigenvalue weighted by atomic mass is 32.2. The fraction of sp³-hybridized carbons (Fsp3) is 0.158. The van der Waals surface area contributed by atoms with Gasteiger partial charge in [-0.25, -0.2) is 18.1 Å². The number of carbonyl (C=O) groups excluding carboxylic acids is 1. The Morgan fingerprint density at radius 3 is 2.52 bits per heavy atom. The maximum Gasteiger partial charge on any atom is 0.271 e. The zero-order valence-electron chi connectivity index (χ0n) is 15.1. The van der Waals surface area contributed by atoms with Gasteiger partial charge in [0.25, 0.3) is 5.91 Å². The van der Waals surface area contributed by atoms with Crippen LogP contribution >= 0.6 is 0 Å². The van der Waals surface area contributed by atoms with Gasteiger partial charge in [-0.2, -0.15) is 5.10 Å². The number of nitrogens with one attached hydrogen (secondary N) is 1. The molecule has 1 heterocycles. The summed E-state index contributed by atoms with van der Waals surface area (Å²) in [6.45, 7) is 1.71. The van der Waals surface area contributed by atoms with E-state index in [1.165, 1.54) is 38.4 Å². The van der Waals surface area contributed by atoms with E-state index in [0.717, 1.165) is 15.3 Å². The fourth-order valence-electron chi connectivity index (χ4n) is 2.42. The monoisotopic (exact) mass is 385 g/mol. The van der Waals surface area contributed by atoms with Crippen LogP contribution in [-0.4, -0.2) is 38.4 Å². The number of fused-ring (bicyclic) bond motifs is 1. The molecule has 0 aliphatic carbocycles. The van der Waals surface area contributed by atoms with Gasteiger partial charge in [0.2, 0.25) is 10.0 Å². The molecule has 0 aliphatic heterocycles. The molecule has 1 amide bonds. The van der Waals surface area contributed by atoms with Crippen LogP contribution in [0.2, 0.25) is 0 Å². The van der Waals surface area contributed by atoms with Crippen molar-refractivity contribution in [2.75, 3.05) is 14.1 Å². The van der Waals surface area contributed by atoms with Crippen LogP contribution in [0.1, 0.15) is 23.0 Å². The summed E-state index contributed by atoms with van der Waals surface area (Å²) in [4.78, 5) is 12.4. The number of rotatable bonds is 5. The molecule has 7 nitrogen and oxygen atoms in total. The van der Waals surface area contributed by atoms with Gasteiger partial charge in [-0.1, -0.05) is 24.3 Å². The number of para-hydroxylation sites is 1. The summed E-state index contributed by atoms with van der Waals surface area (Å²) >= 11 is 0. The van der Waals surface area contributed by atoms with E-state index in [1.807, 2.05) is 30.3 Å². The minimum Gasteiger partial charge on any atom is -0.455 e. The summed E-state index contributed by atoms with van der Waals surface area (Å²) in [6.07, 6.45) is 0. The van der Waals surface area contributed by atoms with E-state index < -0.39 is 15.9 Å². The number of hydrogen-bond donors (Lipinski definition) is 1. The summed E-state index contributed by atoms with van der Waals surface area (Å²) in [5.41, 5.74) is 3.85. The molecule has 140 valence electrons. The highest BCUT2D eigenvalue weighted by Crippen LogP contribution is 2.19. The molecule has 0 saturated heterocycles. The van der Waals surface area contributed by atoms with Gasteiger partial charge < -0.3 is 4.42 Å². The molecule has 1 N–H and O–H groups in total. The number of hydrazone groups is 1. The molecule has 0 radical (unpaired) electrons. The van der Waals surface area contributed by atoms with E-state index in [9.17, 15) is 13.2 Å². The van der Waals surface area contributed by atoms with E-state index in [-0.39, 0.29) is 10.5 Å². The lowest BCUT2D eigenvalue weighted by Gasteiger charge is -2.11. The van der Waals surface area contributed by atoms with Crippen molar-refractivity contribution in [3.05, 3.63) is 65.9 Å². The second-order valence-electron chi connectivity index (χ2n) is 6.10. The summed E-state index contributed by atoms with van der Waals surface area (Å²) < 4.78 is 31.2. The Kier molecular flexibility index (Phi) is 5.11. The molecule has 2 aromatic carbocycles. The normalized spacial score (nSPS) is 12.5. The minimum absolute atomic E-state index is 0.0399. The van der Waals surface area contributed by atoms with E-state index in [4.69, 9.17) is 4.42 Å². The SMILES string of the molecule is C/C(=N/NC(=O)c1cccc(S(=O)(=O)N(C)C)c1)c1cc2ccccc2o1. The van der Waals surface area contributed by atoms with Crippen molar-refractivity contribution in [3.63, 3.8) is 0 Å². The van der Waals surface area contributed by atoms with Crippen LogP contribution in [-0.2, 0) is 10.0 Å². The zero-order valence-corrected chi connectivity index (χ0v) is 15.9. The lowest BCUT2D eigenvalue weighted by Crippen LogP contribution is -2.23. The van der Waals surface area contributed by atoms with Crippen molar-refractivity contribution >= 4 is 32.6 Å². The molecule has 0 fully saturated rings. The standard InChI is InChI=1S/C19H19N3O4S/c1-13(18-12-14-7-4-5-10-17(14)26-18)20-21-19(23)15-8-6-9-16(11-15)27(24,25)22(2)3/h4-12H,1-3H3,(H,21,23)/b20-13-. The molecule has 0 atom stereocenters. The number of carbonyl (C=O) groups is 1. The molecule has 0 saturated carbocycles. The van der Waals surface area contributed by atoms with Crippen LogP contribution in [0.5, 0.6) is 0 Å². The van der Waals surface area contributed by atoms with Crippen LogP contribution < -0.4 is 5.43 Å². The van der Waals surface area contributed by atoms with Gasteiger partial charge in [0.05, 0.1) is 4.90 Å².